The summed E-state index contributed by atoms with van der Waals surface area (Å²) in [5, 5.41) is 0. The molecule has 1 amide bonds. The van der Waals surface area contributed by atoms with Gasteiger partial charge in [0.15, 0.2) is 0 Å². The van der Waals surface area contributed by atoms with E-state index in [9.17, 15) is 4.79 Å². The molecule has 6 heteroatoms. The quantitative estimate of drug-likeness (QED) is 0.328. The van der Waals surface area contributed by atoms with E-state index in [1.54, 1.807) is 24.9 Å². The molecule has 1 aromatic heterocycles. The van der Waals surface area contributed by atoms with E-state index < -0.39 is 0 Å². The Labute approximate surface area is 105 Å². The van der Waals surface area contributed by atoms with Crippen LogP contribution in [0.4, 0.5) is 0 Å². The Bertz CT molecular complexity index is 360. The molecule has 0 atom stereocenters. The number of carbonyl (C=O) groups excluding carboxylic acids is 1. The molecule has 0 aliphatic rings. The summed E-state index contributed by atoms with van der Waals surface area (Å²) >= 11 is 1.77. The van der Waals surface area contributed by atoms with Crippen LogP contribution in [0.2, 0.25) is 0 Å². The lowest BCUT2D eigenvalue weighted by atomic mass is 10.3. The Morgan fingerprint density at radius 3 is 3.12 bits per heavy atom. The highest BCUT2D eigenvalue weighted by Gasteiger charge is 2.05. The number of ether oxygens (including phenoxy) is 1. The summed E-state index contributed by atoms with van der Waals surface area (Å²) in [6, 6.07) is 5.35. The lowest BCUT2D eigenvalue weighted by Crippen LogP contribution is -2.30. The summed E-state index contributed by atoms with van der Waals surface area (Å²) in [5.41, 5.74) is 3.30. The molecule has 1 rings (SSSR count). The molecular formula is C11H17N3O2S. The predicted octanol–water partition coefficient (Wildman–Crippen LogP) is 0.955. The van der Waals surface area contributed by atoms with Crippen LogP contribution < -0.4 is 11.3 Å². The number of hydrazine groups is 1. The maximum atomic E-state index is 11.3. The number of carbonyl (C=O) groups is 1. The third-order valence-corrected chi connectivity index (χ3v) is 3.13. The summed E-state index contributed by atoms with van der Waals surface area (Å²) in [4.78, 5) is 15.5. The van der Waals surface area contributed by atoms with Gasteiger partial charge in [0.25, 0.3) is 5.91 Å². The van der Waals surface area contributed by atoms with Crippen molar-refractivity contribution in [1.82, 2.24) is 10.4 Å². The average molecular weight is 255 g/mol. The minimum Gasteiger partial charge on any atom is -0.385 e. The summed E-state index contributed by atoms with van der Waals surface area (Å²) in [6.07, 6.45) is 1.02. The average Bonchev–Trinajstić information content (AvgIpc) is 2.38. The second-order valence-corrected chi connectivity index (χ2v) is 4.49. The molecule has 0 saturated heterocycles. The second kappa shape index (κ2) is 8.05. The molecule has 0 fully saturated rings. The Kier molecular flexibility index (Phi) is 6.61. The maximum absolute atomic E-state index is 11.3. The molecule has 0 unspecified atom stereocenters. The van der Waals surface area contributed by atoms with Crippen molar-refractivity contribution in [3.05, 3.63) is 29.6 Å². The van der Waals surface area contributed by atoms with E-state index in [1.807, 2.05) is 12.1 Å². The van der Waals surface area contributed by atoms with Gasteiger partial charge in [0.2, 0.25) is 0 Å². The summed E-state index contributed by atoms with van der Waals surface area (Å²) < 4.78 is 4.96. The number of hydrogen-bond donors (Lipinski definition) is 2. The standard InChI is InChI=1S/C11H17N3O2S/c1-16-6-3-7-17-8-9-4-2-5-10(13-9)11(15)14-12/h2,4-5H,3,6-8,12H2,1H3,(H,14,15). The van der Waals surface area contributed by atoms with Crippen LogP contribution in [-0.4, -0.2) is 30.4 Å². The van der Waals surface area contributed by atoms with Crippen LogP contribution in [0.15, 0.2) is 18.2 Å². The molecule has 0 aliphatic heterocycles. The Morgan fingerprint density at radius 1 is 1.59 bits per heavy atom. The number of thioether (sulfide) groups is 1. The zero-order valence-electron chi connectivity index (χ0n) is 9.81. The highest BCUT2D eigenvalue weighted by molar-refractivity contribution is 7.98. The van der Waals surface area contributed by atoms with Crippen LogP contribution in [0, 0.1) is 0 Å². The topological polar surface area (TPSA) is 77.2 Å². The van der Waals surface area contributed by atoms with Crippen molar-refractivity contribution in [3.63, 3.8) is 0 Å². The molecule has 0 radical (unpaired) electrons. The first-order chi connectivity index (χ1) is 8.27. The van der Waals surface area contributed by atoms with E-state index in [2.05, 4.69) is 10.4 Å². The second-order valence-electron chi connectivity index (χ2n) is 3.39. The molecule has 1 heterocycles. The van der Waals surface area contributed by atoms with Gasteiger partial charge in [0, 0.05) is 19.5 Å². The van der Waals surface area contributed by atoms with Crippen molar-refractivity contribution in [1.29, 1.82) is 0 Å². The summed E-state index contributed by atoms with van der Waals surface area (Å²) in [6.45, 7) is 0.774. The number of hydrogen-bond acceptors (Lipinski definition) is 5. The van der Waals surface area contributed by atoms with Gasteiger partial charge < -0.3 is 4.74 Å². The molecule has 0 aromatic carbocycles. The minimum atomic E-state index is -0.365. The maximum Gasteiger partial charge on any atom is 0.283 e. The third-order valence-electron chi connectivity index (χ3n) is 2.06. The first-order valence-electron chi connectivity index (χ1n) is 5.31. The van der Waals surface area contributed by atoms with E-state index in [0.29, 0.717) is 5.69 Å². The van der Waals surface area contributed by atoms with Gasteiger partial charge >= 0.3 is 0 Å². The van der Waals surface area contributed by atoms with Crippen molar-refractivity contribution >= 4 is 17.7 Å². The van der Waals surface area contributed by atoms with Crippen LogP contribution in [0.1, 0.15) is 22.6 Å². The molecule has 5 nitrogen and oxygen atoms in total. The van der Waals surface area contributed by atoms with Crippen molar-refractivity contribution < 1.29 is 9.53 Å². The minimum absolute atomic E-state index is 0.350. The number of methoxy groups -OCH3 is 1. The van der Waals surface area contributed by atoms with Gasteiger partial charge in [-0.2, -0.15) is 11.8 Å². The number of rotatable bonds is 7. The number of amides is 1. The molecular weight excluding hydrogens is 238 g/mol. The van der Waals surface area contributed by atoms with Gasteiger partial charge in [-0.25, -0.2) is 10.8 Å². The molecule has 0 spiro atoms. The predicted molar refractivity (Wildman–Crippen MR) is 68.5 cm³/mol. The van der Waals surface area contributed by atoms with Gasteiger partial charge in [-0.1, -0.05) is 6.07 Å². The largest absolute Gasteiger partial charge is 0.385 e. The zero-order valence-corrected chi connectivity index (χ0v) is 10.6. The molecule has 3 N–H and O–H groups in total. The van der Waals surface area contributed by atoms with Crippen molar-refractivity contribution in [2.45, 2.75) is 12.2 Å². The van der Waals surface area contributed by atoms with Crippen LogP contribution in [0.3, 0.4) is 0 Å². The summed E-state index contributed by atoms with van der Waals surface area (Å²) in [5.74, 6) is 6.49. The fraction of sp³-hybridized carbons (Fsp3) is 0.455. The molecule has 0 bridgehead atoms. The van der Waals surface area contributed by atoms with E-state index >= 15 is 0 Å². The van der Waals surface area contributed by atoms with Crippen LogP contribution in [0.5, 0.6) is 0 Å². The van der Waals surface area contributed by atoms with E-state index in [-0.39, 0.29) is 5.91 Å². The van der Waals surface area contributed by atoms with Crippen molar-refractivity contribution in [2.75, 3.05) is 19.5 Å². The third kappa shape index (κ3) is 5.16. The van der Waals surface area contributed by atoms with Crippen molar-refractivity contribution in [2.24, 2.45) is 5.84 Å². The van der Waals surface area contributed by atoms with Gasteiger partial charge in [-0.15, -0.1) is 0 Å². The number of nitrogens with zero attached hydrogens (tertiary/aromatic N) is 1. The normalized spacial score (nSPS) is 10.2. The van der Waals surface area contributed by atoms with Gasteiger partial charge in [-0.3, -0.25) is 10.2 Å². The fourth-order valence-corrected chi connectivity index (χ4v) is 2.08. The SMILES string of the molecule is COCCCSCc1cccc(C(=O)NN)n1. The monoisotopic (exact) mass is 255 g/mol. The smallest absolute Gasteiger partial charge is 0.283 e. The van der Waals surface area contributed by atoms with E-state index in [0.717, 1.165) is 30.2 Å². The van der Waals surface area contributed by atoms with Crippen LogP contribution in [-0.2, 0) is 10.5 Å². The van der Waals surface area contributed by atoms with Crippen LogP contribution in [0.25, 0.3) is 0 Å². The van der Waals surface area contributed by atoms with Gasteiger partial charge in [0.05, 0.1) is 5.69 Å². The molecule has 94 valence electrons. The zero-order chi connectivity index (χ0) is 12.5. The van der Waals surface area contributed by atoms with Crippen molar-refractivity contribution in [3.8, 4) is 0 Å². The molecule has 17 heavy (non-hydrogen) atoms. The molecule has 0 saturated carbocycles. The first-order valence-corrected chi connectivity index (χ1v) is 6.47. The van der Waals surface area contributed by atoms with Gasteiger partial charge in [-0.05, 0) is 24.3 Å². The van der Waals surface area contributed by atoms with Gasteiger partial charge in [0.1, 0.15) is 5.69 Å². The number of pyridine rings is 1. The molecule has 1 aromatic rings. The number of nitrogen functional groups attached to an aromatic ring is 1. The number of aromatic nitrogens is 1. The first kappa shape index (κ1) is 14.0. The number of nitrogens with two attached hydrogens (primary N) is 1. The fourth-order valence-electron chi connectivity index (χ4n) is 1.24. The molecule has 0 aliphatic carbocycles. The van der Waals surface area contributed by atoms with Crippen LogP contribution >= 0.6 is 11.8 Å². The number of nitrogens with one attached hydrogen (secondary N) is 1. The van der Waals surface area contributed by atoms with E-state index in [4.69, 9.17) is 10.6 Å². The highest BCUT2D eigenvalue weighted by atomic mass is 32.2. The lowest BCUT2D eigenvalue weighted by Gasteiger charge is -2.03. The highest BCUT2D eigenvalue weighted by Crippen LogP contribution is 2.11. The summed E-state index contributed by atoms with van der Waals surface area (Å²) in [7, 11) is 1.70. The Morgan fingerprint density at radius 2 is 2.41 bits per heavy atom. The lowest BCUT2D eigenvalue weighted by molar-refractivity contribution is 0.0948. The Balaban J connectivity index is 2.40. The van der Waals surface area contributed by atoms with E-state index in [1.165, 1.54) is 0 Å². The Hall–Kier alpha value is -1.11.